The van der Waals surface area contributed by atoms with Gasteiger partial charge in [-0.3, -0.25) is 0 Å². The molecule has 0 unspecified atom stereocenters. The number of nitrogens with one attached hydrogen (secondary N) is 1. The Balaban J connectivity index is 3.23. The minimum absolute atomic E-state index is 0.0509. The number of ether oxygens (including phenoxy) is 1. The molecule has 0 saturated heterocycles. The Morgan fingerprint density at radius 1 is 1.64 bits per heavy atom. The maximum Gasteiger partial charge on any atom is 0.407 e. The molecular weight excluding hydrogens is 142 g/mol. The van der Waals surface area contributed by atoms with Crippen molar-refractivity contribution in [2.75, 3.05) is 0 Å². The third-order valence-corrected chi connectivity index (χ3v) is 0.996. The Hall–Kier alpha value is -0.730. The normalized spacial score (nSPS) is 9.82. The predicted octanol–water partition coefficient (Wildman–Crippen LogP) is 2.08. The zero-order valence-electron chi connectivity index (χ0n) is 7.39. The molecule has 11 heavy (non-hydrogen) atoms. The molecule has 0 aromatic carbocycles. The van der Waals surface area contributed by atoms with Gasteiger partial charge in [-0.05, 0) is 20.3 Å². The van der Waals surface area contributed by atoms with Crippen molar-refractivity contribution in [3.63, 3.8) is 0 Å². The lowest BCUT2D eigenvalue weighted by Gasteiger charge is -2.07. The average Bonchev–Trinajstić information content (AvgIpc) is 1.86. The van der Waals surface area contributed by atoms with Gasteiger partial charge >= 0.3 is 6.09 Å². The molecule has 1 amide bonds. The largest absolute Gasteiger partial charge is 0.447 e. The lowest BCUT2D eigenvalue weighted by atomic mass is 10.3. The third-order valence-electron chi connectivity index (χ3n) is 0.996. The van der Waals surface area contributed by atoms with Crippen LogP contribution in [0, 0.1) is 6.54 Å². The van der Waals surface area contributed by atoms with E-state index < -0.39 is 0 Å². The molecular formula is C8H16NO2. The van der Waals surface area contributed by atoms with Gasteiger partial charge in [0.1, 0.15) is 0 Å². The summed E-state index contributed by atoms with van der Waals surface area (Å²) in [5.74, 6) is 0. The van der Waals surface area contributed by atoms with Crippen LogP contribution in [0.2, 0.25) is 0 Å². The van der Waals surface area contributed by atoms with Gasteiger partial charge in [-0.2, -0.15) is 0 Å². The second-order valence-corrected chi connectivity index (χ2v) is 2.59. The Morgan fingerprint density at radius 3 is 2.73 bits per heavy atom. The first-order chi connectivity index (χ1) is 5.16. The molecule has 0 saturated carbocycles. The number of carbonyl (C=O) groups is 1. The molecule has 0 aliphatic carbocycles. The van der Waals surface area contributed by atoms with Crippen LogP contribution in [0.3, 0.4) is 0 Å². The van der Waals surface area contributed by atoms with Gasteiger partial charge in [0.2, 0.25) is 0 Å². The average molecular weight is 158 g/mol. The van der Waals surface area contributed by atoms with E-state index in [2.05, 4.69) is 5.32 Å². The molecule has 0 aromatic heterocycles. The molecule has 0 heterocycles. The van der Waals surface area contributed by atoms with Gasteiger partial charge in [-0.1, -0.05) is 13.3 Å². The van der Waals surface area contributed by atoms with E-state index in [-0.39, 0.29) is 12.2 Å². The number of hydrogen-bond donors (Lipinski definition) is 1. The lowest BCUT2D eigenvalue weighted by molar-refractivity contribution is 0.117. The van der Waals surface area contributed by atoms with Gasteiger partial charge in [0.05, 0.1) is 12.6 Å². The topological polar surface area (TPSA) is 38.3 Å². The quantitative estimate of drug-likeness (QED) is 0.636. The van der Waals surface area contributed by atoms with Crippen LogP contribution >= 0.6 is 0 Å². The fourth-order valence-corrected chi connectivity index (χ4v) is 0.548. The zero-order valence-corrected chi connectivity index (χ0v) is 7.39. The van der Waals surface area contributed by atoms with E-state index in [1.54, 1.807) is 6.54 Å². The van der Waals surface area contributed by atoms with Crippen LogP contribution < -0.4 is 5.32 Å². The van der Waals surface area contributed by atoms with Crippen molar-refractivity contribution in [2.45, 2.75) is 39.7 Å². The molecule has 3 nitrogen and oxygen atoms in total. The van der Waals surface area contributed by atoms with E-state index in [1.165, 1.54) is 0 Å². The Labute approximate surface area is 68.1 Å². The van der Waals surface area contributed by atoms with Crippen molar-refractivity contribution >= 4 is 6.09 Å². The van der Waals surface area contributed by atoms with Crippen LogP contribution in [0.4, 0.5) is 4.79 Å². The van der Waals surface area contributed by atoms with Gasteiger partial charge in [-0.15, -0.1) is 0 Å². The highest BCUT2D eigenvalue weighted by atomic mass is 16.6. The first-order valence-electron chi connectivity index (χ1n) is 3.95. The minimum atomic E-state index is -0.367. The van der Waals surface area contributed by atoms with Crippen LogP contribution in [0.25, 0.3) is 0 Å². The fraction of sp³-hybridized carbons (Fsp3) is 0.750. The second kappa shape index (κ2) is 6.01. The maximum absolute atomic E-state index is 10.8. The molecule has 0 aromatic rings. The molecule has 65 valence electrons. The Morgan fingerprint density at radius 2 is 2.27 bits per heavy atom. The van der Waals surface area contributed by atoms with Gasteiger partial charge in [0.15, 0.2) is 0 Å². The summed E-state index contributed by atoms with van der Waals surface area (Å²) in [5, 5.41) is 2.53. The summed E-state index contributed by atoms with van der Waals surface area (Å²) in [6.07, 6.45) is 1.49. The van der Waals surface area contributed by atoms with Gasteiger partial charge in [-0.25, -0.2) is 4.79 Å². The molecule has 0 atom stereocenters. The van der Waals surface area contributed by atoms with Gasteiger partial charge in [0.25, 0.3) is 0 Å². The summed E-state index contributed by atoms with van der Waals surface area (Å²) < 4.78 is 4.82. The Kier molecular flexibility index (Phi) is 5.61. The number of rotatable bonds is 4. The minimum Gasteiger partial charge on any atom is -0.447 e. The SMILES string of the molecule is CCC[CH]NC(=O)OC(C)C. The number of unbranched alkanes of at least 4 members (excludes halogenated alkanes) is 1. The van der Waals surface area contributed by atoms with E-state index in [0.717, 1.165) is 12.8 Å². The third kappa shape index (κ3) is 7.16. The van der Waals surface area contributed by atoms with Crippen molar-refractivity contribution in [3.05, 3.63) is 6.54 Å². The summed E-state index contributed by atoms with van der Waals surface area (Å²) in [4.78, 5) is 10.8. The fourth-order valence-electron chi connectivity index (χ4n) is 0.548. The van der Waals surface area contributed by atoms with E-state index in [9.17, 15) is 4.79 Å². The molecule has 1 N–H and O–H groups in total. The molecule has 0 fully saturated rings. The zero-order chi connectivity index (χ0) is 8.69. The highest BCUT2D eigenvalue weighted by Crippen LogP contribution is 1.91. The van der Waals surface area contributed by atoms with E-state index in [4.69, 9.17) is 4.74 Å². The van der Waals surface area contributed by atoms with E-state index >= 15 is 0 Å². The monoisotopic (exact) mass is 158 g/mol. The summed E-state index contributed by atoms with van der Waals surface area (Å²) in [5.41, 5.74) is 0. The van der Waals surface area contributed by atoms with Gasteiger partial charge in [0, 0.05) is 0 Å². The number of amides is 1. The highest BCUT2D eigenvalue weighted by molar-refractivity contribution is 5.67. The van der Waals surface area contributed by atoms with Crippen molar-refractivity contribution in [2.24, 2.45) is 0 Å². The summed E-state index contributed by atoms with van der Waals surface area (Å²) in [6.45, 7) is 7.40. The van der Waals surface area contributed by atoms with Gasteiger partial charge < -0.3 is 10.1 Å². The number of alkyl carbamates (subject to hydrolysis) is 1. The van der Waals surface area contributed by atoms with E-state index in [0.29, 0.717) is 0 Å². The van der Waals surface area contributed by atoms with Crippen LogP contribution in [-0.2, 0) is 4.74 Å². The lowest BCUT2D eigenvalue weighted by Crippen LogP contribution is -2.24. The summed E-state index contributed by atoms with van der Waals surface area (Å²) in [7, 11) is 0. The second-order valence-electron chi connectivity index (χ2n) is 2.59. The van der Waals surface area contributed by atoms with Crippen molar-refractivity contribution in [1.29, 1.82) is 0 Å². The van der Waals surface area contributed by atoms with Crippen LogP contribution in [-0.4, -0.2) is 12.2 Å². The van der Waals surface area contributed by atoms with Crippen LogP contribution in [0.1, 0.15) is 33.6 Å². The molecule has 0 rings (SSSR count). The first-order valence-corrected chi connectivity index (χ1v) is 3.95. The smallest absolute Gasteiger partial charge is 0.407 e. The first kappa shape index (κ1) is 10.3. The van der Waals surface area contributed by atoms with Crippen molar-refractivity contribution < 1.29 is 9.53 Å². The maximum atomic E-state index is 10.8. The molecule has 0 aliphatic rings. The molecule has 0 spiro atoms. The summed E-state index contributed by atoms with van der Waals surface area (Å²) >= 11 is 0. The number of carbonyl (C=O) groups excluding carboxylic acids is 1. The predicted molar refractivity (Wildman–Crippen MR) is 44.0 cm³/mol. The number of hydrogen-bond acceptors (Lipinski definition) is 2. The molecule has 3 heteroatoms. The standard InChI is InChI=1S/C8H16NO2/c1-4-5-6-9-8(10)11-7(2)3/h6-7H,4-5H2,1-3H3,(H,9,10). The Bertz CT molecular complexity index is 113. The van der Waals surface area contributed by atoms with Crippen molar-refractivity contribution in [3.8, 4) is 0 Å². The molecule has 0 aliphatic heterocycles. The molecule has 1 radical (unpaired) electrons. The van der Waals surface area contributed by atoms with Crippen LogP contribution in [0.15, 0.2) is 0 Å². The van der Waals surface area contributed by atoms with E-state index in [1.807, 2.05) is 20.8 Å². The highest BCUT2D eigenvalue weighted by Gasteiger charge is 2.02. The molecule has 0 bridgehead atoms. The van der Waals surface area contributed by atoms with Crippen LogP contribution in [0.5, 0.6) is 0 Å². The van der Waals surface area contributed by atoms with Crippen molar-refractivity contribution in [1.82, 2.24) is 5.32 Å². The summed E-state index contributed by atoms with van der Waals surface area (Å²) in [6, 6.07) is 0.